The Morgan fingerprint density at radius 2 is 1.92 bits per heavy atom. The molecule has 1 saturated carbocycles. The highest BCUT2D eigenvalue weighted by Gasteiger charge is 2.61. The van der Waals surface area contributed by atoms with Crippen LogP contribution < -0.4 is 0 Å². The number of halogens is 3. The van der Waals surface area contributed by atoms with Crippen LogP contribution in [0.4, 0.5) is 13.2 Å². The fraction of sp³-hybridized carbons (Fsp3) is 0.516. The first-order valence-electron chi connectivity index (χ1n) is 13.6. The van der Waals surface area contributed by atoms with Gasteiger partial charge in [0.1, 0.15) is 0 Å². The number of alkyl halides is 3. The molecule has 4 aliphatic carbocycles. The summed E-state index contributed by atoms with van der Waals surface area (Å²) < 4.78 is 44.4. The summed E-state index contributed by atoms with van der Waals surface area (Å²) >= 11 is 0. The summed E-state index contributed by atoms with van der Waals surface area (Å²) in [6, 6.07) is 9.55. The molecule has 4 unspecified atom stereocenters. The molecule has 2 aromatic rings. The molecule has 4 nitrogen and oxygen atoms in total. The number of allylic oxidation sites excluding steroid dienone is 3. The lowest BCUT2D eigenvalue weighted by atomic mass is 9.56. The molecule has 0 amide bonds. The van der Waals surface area contributed by atoms with Crippen molar-refractivity contribution < 1.29 is 23.4 Å². The molecule has 6 atom stereocenters. The highest BCUT2D eigenvalue weighted by molar-refractivity contribution is 5.93. The fourth-order valence-corrected chi connectivity index (χ4v) is 8.06. The van der Waals surface area contributed by atoms with E-state index in [4.69, 9.17) is 0 Å². The van der Waals surface area contributed by atoms with Gasteiger partial charge in [-0.05, 0) is 87.4 Å². The summed E-state index contributed by atoms with van der Waals surface area (Å²) in [6.07, 6.45) is 2.44. The number of aliphatic hydroxyl groups excluding tert-OH is 1. The van der Waals surface area contributed by atoms with E-state index in [0.29, 0.717) is 25.7 Å². The third-order valence-electron chi connectivity index (χ3n) is 9.94. The second kappa shape index (κ2) is 8.77. The van der Waals surface area contributed by atoms with Crippen molar-refractivity contribution in [3.63, 3.8) is 0 Å². The Morgan fingerprint density at radius 3 is 2.66 bits per heavy atom. The van der Waals surface area contributed by atoms with E-state index in [1.54, 1.807) is 12.3 Å². The first-order valence-corrected chi connectivity index (χ1v) is 13.6. The third kappa shape index (κ3) is 3.81. The van der Waals surface area contributed by atoms with Gasteiger partial charge in [0.15, 0.2) is 0 Å². The number of rotatable bonds is 2. The van der Waals surface area contributed by atoms with Crippen LogP contribution in [0.25, 0.3) is 16.5 Å². The number of aromatic nitrogens is 1. The first-order chi connectivity index (χ1) is 17.9. The monoisotopic (exact) mass is 524 g/mol. The van der Waals surface area contributed by atoms with Crippen molar-refractivity contribution in [1.29, 1.82) is 0 Å². The number of likely N-dealkylation sites (N-methyl/N-ethyl adjacent to an activating group) is 1. The molecule has 1 aromatic carbocycles. The van der Waals surface area contributed by atoms with Crippen LogP contribution in [0.5, 0.6) is 0 Å². The Balaban J connectivity index is 1.48. The van der Waals surface area contributed by atoms with Gasteiger partial charge >= 0.3 is 6.18 Å². The average Bonchev–Trinajstić information content (AvgIpc) is 3.14. The lowest BCUT2D eigenvalue weighted by Gasteiger charge is -2.50. The molecular weight excluding hydrogens is 489 g/mol. The molecule has 7 heteroatoms. The van der Waals surface area contributed by atoms with E-state index in [1.807, 2.05) is 56.3 Å². The normalized spacial score (nSPS) is 35.4. The van der Waals surface area contributed by atoms with Gasteiger partial charge in [0.25, 0.3) is 0 Å². The van der Waals surface area contributed by atoms with Crippen molar-refractivity contribution in [2.45, 2.75) is 69.4 Å². The van der Waals surface area contributed by atoms with Crippen molar-refractivity contribution in [2.75, 3.05) is 14.1 Å². The summed E-state index contributed by atoms with van der Waals surface area (Å²) in [7, 11) is 3.85. The van der Waals surface area contributed by atoms with Crippen LogP contribution in [0.2, 0.25) is 0 Å². The van der Waals surface area contributed by atoms with Gasteiger partial charge in [-0.1, -0.05) is 42.8 Å². The minimum absolute atomic E-state index is 0.0368. The molecule has 38 heavy (non-hydrogen) atoms. The number of pyridine rings is 1. The zero-order valence-corrected chi connectivity index (χ0v) is 22.1. The maximum Gasteiger partial charge on any atom is 0.413 e. The van der Waals surface area contributed by atoms with E-state index < -0.39 is 28.9 Å². The third-order valence-corrected chi connectivity index (χ3v) is 9.94. The van der Waals surface area contributed by atoms with Crippen molar-refractivity contribution in [3.05, 3.63) is 71.0 Å². The maximum atomic E-state index is 14.8. The summed E-state index contributed by atoms with van der Waals surface area (Å²) in [5, 5.41) is 24.1. The Labute approximate surface area is 221 Å². The standard InChI is InChI=1S/C31H35F3N2O2/c1-29-17-24(31(32,33)34)23-14-19-16-27(37)26(36(2)3)15-18(19)11-12-30(23,38)28(29)10-9-22(29)20-6-4-8-25-21(20)7-5-13-35-25/h4-9,13-14,18,26-28,37-38H,10-12,15-17H2,1-3H3/t18?,26-,27?,28?,29?,30+/m0/s1. The van der Waals surface area contributed by atoms with Crippen LogP contribution in [0, 0.1) is 17.3 Å². The predicted molar refractivity (Wildman–Crippen MR) is 142 cm³/mol. The molecule has 0 saturated heterocycles. The van der Waals surface area contributed by atoms with Crippen molar-refractivity contribution in [3.8, 4) is 0 Å². The van der Waals surface area contributed by atoms with Crippen molar-refractivity contribution >= 4 is 16.5 Å². The van der Waals surface area contributed by atoms with Crippen LogP contribution in [-0.2, 0) is 0 Å². The Bertz CT molecular complexity index is 1370. The smallest absolute Gasteiger partial charge is 0.391 e. The van der Waals surface area contributed by atoms with E-state index >= 15 is 0 Å². The molecule has 1 fully saturated rings. The lowest BCUT2D eigenvalue weighted by Crippen LogP contribution is -2.51. The molecule has 0 bridgehead atoms. The molecule has 0 spiro atoms. The topological polar surface area (TPSA) is 56.6 Å². The molecule has 202 valence electrons. The minimum Gasteiger partial charge on any atom is -0.391 e. The Hall–Kier alpha value is -2.48. The zero-order valence-electron chi connectivity index (χ0n) is 22.1. The second-order valence-corrected chi connectivity index (χ2v) is 12.2. The van der Waals surface area contributed by atoms with Crippen LogP contribution >= 0.6 is 0 Å². The van der Waals surface area contributed by atoms with Crippen LogP contribution in [-0.4, -0.2) is 58.1 Å². The highest BCUT2D eigenvalue weighted by Crippen LogP contribution is 2.65. The number of fused-ring (bicyclic) bond motifs is 5. The van der Waals surface area contributed by atoms with Crippen molar-refractivity contribution in [1.82, 2.24) is 9.88 Å². The zero-order chi connectivity index (χ0) is 27.0. The van der Waals surface area contributed by atoms with Crippen molar-refractivity contribution in [2.24, 2.45) is 17.3 Å². The van der Waals surface area contributed by atoms with Crippen LogP contribution in [0.1, 0.15) is 51.0 Å². The number of hydrogen-bond acceptors (Lipinski definition) is 4. The molecule has 0 aliphatic heterocycles. The lowest BCUT2D eigenvalue weighted by molar-refractivity contribution is -0.113. The molecule has 1 heterocycles. The first kappa shape index (κ1) is 25.8. The summed E-state index contributed by atoms with van der Waals surface area (Å²) in [4.78, 5) is 6.45. The molecule has 2 N–H and O–H groups in total. The minimum atomic E-state index is -4.57. The highest BCUT2D eigenvalue weighted by atomic mass is 19.4. The van der Waals surface area contributed by atoms with E-state index in [0.717, 1.165) is 27.6 Å². The Kier molecular flexibility index (Phi) is 5.95. The average molecular weight is 525 g/mol. The SMILES string of the molecule is CN(C)[C@H]1CC2CC[C@@]3(O)C(=C(C(F)(F)F)CC4(C)C(c5cccc6ncccc56)=CCC43)C=C2CC1O. The van der Waals surface area contributed by atoms with Crippen LogP contribution in [0.3, 0.4) is 0 Å². The van der Waals surface area contributed by atoms with Gasteiger partial charge < -0.3 is 15.1 Å². The number of hydrogen-bond donors (Lipinski definition) is 2. The number of aliphatic hydroxyl groups is 2. The quantitative estimate of drug-likeness (QED) is 0.502. The van der Waals surface area contributed by atoms with Gasteiger partial charge in [-0.15, -0.1) is 0 Å². The molecular formula is C31H35F3N2O2. The second-order valence-electron chi connectivity index (χ2n) is 12.2. The summed E-state index contributed by atoms with van der Waals surface area (Å²) in [6.45, 7) is 1.91. The predicted octanol–water partition coefficient (Wildman–Crippen LogP) is 6.06. The Morgan fingerprint density at radius 1 is 1.13 bits per heavy atom. The molecule has 0 radical (unpaired) electrons. The van der Waals surface area contributed by atoms with E-state index in [9.17, 15) is 23.4 Å². The number of benzene rings is 1. The van der Waals surface area contributed by atoms with Crippen LogP contribution in [0.15, 0.2) is 65.4 Å². The maximum absolute atomic E-state index is 14.8. The van der Waals surface area contributed by atoms with E-state index in [1.165, 1.54) is 0 Å². The summed E-state index contributed by atoms with van der Waals surface area (Å²) in [5.41, 5.74) is 0.348. The largest absolute Gasteiger partial charge is 0.413 e. The number of nitrogens with zero attached hydrogens (tertiary/aromatic N) is 2. The van der Waals surface area contributed by atoms with Gasteiger partial charge in [0, 0.05) is 34.5 Å². The van der Waals surface area contributed by atoms with Gasteiger partial charge in [0.05, 0.1) is 17.2 Å². The van der Waals surface area contributed by atoms with Gasteiger partial charge in [-0.3, -0.25) is 4.98 Å². The molecule has 6 rings (SSSR count). The fourth-order valence-electron chi connectivity index (χ4n) is 8.06. The van der Waals surface area contributed by atoms with Gasteiger partial charge in [-0.2, -0.15) is 13.2 Å². The van der Waals surface area contributed by atoms with Gasteiger partial charge in [-0.25, -0.2) is 0 Å². The van der Waals surface area contributed by atoms with Gasteiger partial charge in [0.2, 0.25) is 0 Å². The molecule has 4 aliphatic rings. The van der Waals surface area contributed by atoms with E-state index in [-0.39, 0.29) is 36.3 Å². The van der Waals surface area contributed by atoms with E-state index in [2.05, 4.69) is 11.1 Å². The molecule has 1 aromatic heterocycles. The summed E-state index contributed by atoms with van der Waals surface area (Å²) in [5.74, 6) is -0.323.